The minimum atomic E-state index is 0. The third-order valence-corrected chi connectivity index (χ3v) is 6.07. The number of hydrogen-bond donors (Lipinski definition) is 2. The quantitative estimate of drug-likeness (QED) is 0.279. The minimum absolute atomic E-state index is 0. The van der Waals surface area contributed by atoms with Crippen LogP contribution in [0.3, 0.4) is 0 Å². The van der Waals surface area contributed by atoms with E-state index in [-0.39, 0.29) is 29.9 Å². The largest absolute Gasteiger partial charge is 0.356 e. The van der Waals surface area contributed by atoms with Crippen LogP contribution in [0.4, 0.5) is 0 Å². The van der Waals surface area contributed by atoms with Crippen LogP contribution >= 0.6 is 24.0 Å². The molecule has 2 N–H and O–H groups in total. The van der Waals surface area contributed by atoms with E-state index < -0.39 is 0 Å². The third kappa shape index (κ3) is 9.25. The average molecular weight is 578 g/mol. The minimum Gasteiger partial charge on any atom is -0.356 e. The predicted octanol–water partition coefficient (Wildman–Crippen LogP) is 4.29. The van der Waals surface area contributed by atoms with Crippen molar-refractivity contribution >= 4 is 35.8 Å². The van der Waals surface area contributed by atoms with Crippen molar-refractivity contribution in [3.8, 4) is 0 Å². The molecule has 0 atom stereocenters. The van der Waals surface area contributed by atoms with E-state index >= 15 is 0 Å². The molecule has 1 fully saturated rings. The second kappa shape index (κ2) is 15.0. The summed E-state index contributed by atoms with van der Waals surface area (Å²) in [6, 6.07) is 16.7. The molecule has 0 aromatic heterocycles. The number of aliphatic imine (C=N–C) groups is 1. The maximum Gasteiger partial charge on any atom is 0.253 e. The zero-order valence-electron chi connectivity index (χ0n) is 20.8. The molecule has 1 aliphatic rings. The fraction of sp³-hybridized carbons (Fsp3) is 0.481. The molecule has 0 radical (unpaired) electrons. The molecule has 2 aromatic carbocycles. The Bertz CT molecular complexity index is 923. The first-order chi connectivity index (χ1) is 16.0. The molecular formula is C27H40IN5O. The lowest BCUT2D eigenvalue weighted by Crippen LogP contribution is -2.37. The maximum absolute atomic E-state index is 12.2. The van der Waals surface area contributed by atoms with Gasteiger partial charge in [-0.25, -0.2) is 0 Å². The van der Waals surface area contributed by atoms with Gasteiger partial charge in [0.25, 0.3) is 5.91 Å². The van der Waals surface area contributed by atoms with E-state index in [1.54, 1.807) is 26.0 Å². The highest BCUT2D eigenvalue weighted by atomic mass is 127. The zero-order chi connectivity index (χ0) is 23.5. The Balaban J connectivity index is 0.00000408. The Kier molecular flexibility index (Phi) is 12.4. The number of likely N-dealkylation sites (tertiary alicyclic amines) is 1. The van der Waals surface area contributed by atoms with Gasteiger partial charge in [-0.05, 0) is 61.2 Å². The molecule has 1 amide bonds. The van der Waals surface area contributed by atoms with Crippen LogP contribution in [0.15, 0.2) is 53.5 Å². The molecule has 1 aliphatic heterocycles. The molecule has 0 saturated carbocycles. The van der Waals surface area contributed by atoms with Crippen molar-refractivity contribution in [2.45, 2.75) is 45.2 Å². The highest BCUT2D eigenvalue weighted by Gasteiger charge is 2.10. The lowest BCUT2D eigenvalue weighted by molar-refractivity contribution is 0.0827. The number of hydrogen-bond acceptors (Lipinski definition) is 3. The fourth-order valence-electron chi connectivity index (χ4n) is 4.24. The number of rotatable bonds is 8. The van der Waals surface area contributed by atoms with E-state index in [0.717, 1.165) is 43.1 Å². The highest BCUT2D eigenvalue weighted by Crippen LogP contribution is 2.14. The van der Waals surface area contributed by atoms with Crippen molar-refractivity contribution in [2.75, 3.05) is 40.8 Å². The maximum atomic E-state index is 12.2. The van der Waals surface area contributed by atoms with Crippen molar-refractivity contribution in [1.82, 2.24) is 20.4 Å². The molecule has 186 valence electrons. The molecule has 2 aromatic rings. The number of nitrogens with one attached hydrogen (secondary N) is 2. The topological polar surface area (TPSA) is 60.0 Å². The summed E-state index contributed by atoms with van der Waals surface area (Å²) < 4.78 is 0. The fourth-order valence-corrected chi connectivity index (χ4v) is 4.24. The van der Waals surface area contributed by atoms with Crippen LogP contribution in [0.5, 0.6) is 0 Å². The van der Waals surface area contributed by atoms with Crippen molar-refractivity contribution in [2.24, 2.45) is 4.99 Å². The van der Waals surface area contributed by atoms with Crippen molar-refractivity contribution in [1.29, 1.82) is 0 Å². The summed E-state index contributed by atoms with van der Waals surface area (Å²) in [4.78, 5) is 20.7. The Labute approximate surface area is 222 Å². The van der Waals surface area contributed by atoms with Gasteiger partial charge in [-0.15, -0.1) is 24.0 Å². The highest BCUT2D eigenvalue weighted by molar-refractivity contribution is 14.0. The second-order valence-electron chi connectivity index (χ2n) is 9.01. The van der Waals surface area contributed by atoms with E-state index in [1.807, 2.05) is 18.2 Å². The molecule has 0 aliphatic carbocycles. The van der Waals surface area contributed by atoms with E-state index in [1.165, 1.54) is 49.9 Å². The van der Waals surface area contributed by atoms with Gasteiger partial charge in [0.05, 0.1) is 0 Å². The van der Waals surface area contributed by atoms with E-state index in [2.05, 4.69) is 50.9 Å². The second-order valence-corrected chi connectivity index (χ2v) is 9.01. The molecule has 34 heavy (non-hydrogen) atoms. The van der Waals surface area contributed by atoms with Crippen LogP contribution in [-0.4, -0.2) is 62.4 Å². The van der Waals surface area contributed by atoms with Crippen LogP contribution in [0, 0.1) is 0 Å². The average Bonchev–Trinajstić information content (AvgIpc) is 3.10. The normalized spacial score (nSPS) is 14.6. The predicted molar refractivity (Wildman–Crippen MR) is 152 cm³/mol. The smallest absolute Gasteiger partial charge is 0.253 e. The summed E-state index contributed by atoms with van der Waals surface area (Å²) in [7, 11) is 5.34. The van der Waals surface area contributed by atoms with Gasteiger partial charge in [-0.1, -0.05) is 49.2 Å². The summed E-state index contributed by atoms with van der Waals surface area (Å²) >= 11 is 0. The van der Waals surface area contributed by atoms with E-state index in [9.17, 15) is 4.79 Å². The van der Waals surface area contributed by atoms with Crippen LogP contribution in [0.1, 0.15) is 52.7 Å². The Hall–Kier alpha value is -2.13. The lowest BCUT2D eigenvalue weighted by Gasteiger charge is -2.20. The molecule has 6 nitrogen and oxygen atoms in total. The van der Waals surface area contributed by atoms with Crippen LogP contribution in [-0.2, 0) is 19.5 Å². The first-order valence-electron chi connectivity index (χ1n) is 12.1. The van der Waals surface area contributed by atoms with Gasteiger partial charge in [-0.3, -0.25) is 14.7 Å². The van der Waals surface area contributed by atoms with Gasteiger partial charge in [0.15, 0.2) is 5.96 Å². The summed E-state index contributed by atoms with van der Waals surface area (Å²) in [5, 5.41) is 6.80. The molecule has 7 heteroatoms. The molecule has 1 saturated heterocycles. The standard InChI is InChI=1S/C27H39N5O.HI/c1-28-27(29-15-14-22-10-9-13-25(19-22)26(33)31(2)3)30-20-23-11-8-12-24(18-23)21-32-16-6-4-5-7-17-32;/h8-13,18-19H,4-7,14-17,20-21H2,1-3H3,(H2,28,29,30);1H. The lowest BCUT2D eigenvalue weighted by atomic mass is 10.1. The van der Waals surface area contributed by atoms with Gasteiger partial charge < -0.3 is 15.5 Å². The van der Waals surface area contributed by atoms with Gasteiger partial charge >= 0.3 is 0 Å². The number of carbonyl (C=O) groups excluding carboxylic acids is 1. The SMILES string of the molecule is CN=C(NCCc1cccc(C(=O)N(C)C)c1)NCc1cccc(CN2CCCCCC2)c1.I. The van der Waals surface area contributed by atoms with Crippen LogP contribution < -0.4 is 10.6 Å². The number of guanidine groups is 1. The summed E-state index contributed by atoms with van der Waals surface area (Å²) in [6.45, 7) is 4.95. The van der Waals surface area contributed by atoms with Gasteiger partial charge in [-0.2, -0.15) is 0 Å². The number of carbonyl (C=O) groups is 1. The molecule has 0 unspecified atom stereocenters. The first kappa shape index (κ1) is 28.1. The summed E-state index contributed by atoms with van der Waals surface area (Å²) in [6.07, 6.45) is 6.19. The number of halogens is 1. The number of nitrogens with zero attached hydrogens (tertiary/aromatic N) is 3. The molecule has 0 spiro atoms. The number of benzene rings is 2. The van der Waals surface area contributed by atoms with Crippen molar-refractivity contribution in [3.63, 3.8) is 0 Å². The van der Waals surface area contributed by atoms with Crippen molar-refractivity contribution < 1.29 is 4.79 Å². The van der Waals surface area contributed by atoms with Gasteiger partial charge in [0.1, 0.15) is 0 Å². The van der Waals surface area contributed by atoms with Gasteiger partial charge in [0, 0.05) is 46.3 Å². The van der Waals surface area contributed by atoms with Gasteiger partial charge in [0.2, 0.25) is 0 Å². The Morgan fingerprint density at radius 2 is 1.62 bits per heavy atom. The summed E-state index contributed by atoms with van der Waals surface area (Å²) in [5.74, 6) is 0.814. The molecular weight excluding hydrogens is 537 g/mol. The third-order valence-electron chi connectivity index (χ3n) is 6.07. The van der Waals surface area contributed by atoms with Crippen LogP contribution in [0.25, 0.3) is 0 Å². The Morgan fingerprint density at radius 3 is 2.32 bits per heavy atom. The molecule has 0 bridgehead atoms. The molecule has 3 rings (SSSR count). The molecule has 1 heterocycles. The van der Waals surface area contributed by atoms with E-state index in [4.69, 9.17) is 0 Å². The monoisotopic (exact) mass is 577 g/mol. The van der Waals surface area contributed by atoms with Crippen LogP contribution in [0.2, 0.25) is 0 Å². The number of amides is 1. The zero-order valence-corrected chi connectivity index (χ0v) is 23.2. The summed E-state index contributed by atoms with van der Waals surface area (Å²) in [5.41, 5.74) is 4.50. The Morgan fingerprint density at radius 1 is 0.941 bits per heavy atom. The van der Waals surface area contributed by atoms with E-state index in [0.29, 0.717) is 0 Å². The first-order valence-corrected chi connectivity index (χ1v) is 12.1. The van der Waals surface area contributed by atoms with Crippen molar-refractivity contribution in [3.05, 3.63) is 70.8 Å².